The summed E-state index contributed by atoms with van der Waals surface area (Å²) in [6, 6.07) is 1.79. The van der Waals surface area contributed by atoms with Crippen molar-refractivity contribution in [2.45, 2.75) is 33.6 Å². The highest BCUT2D eigenvalue weighted by atomic mass is 35.5. The number of aromatic amines is 1. The standard InChI is InChI=1S/C15H16Cl2N4O2/c1-7(2)15(3)5-8-4-10(12(17)11(16)9(8)6-15)23-14(22)13-18-20-21-19-13/h4,7H,5-6H2,1-3H3,(H,18,19,20,21). The number of hydrogen-bond acceptors (Lipinski definition) is 5. The largest absolute Gasteiger partial charge is 0.419 e. The Kier molecular flexibility index (Phi) is 4.06. The molecule has 0 saturated heterocycles. The molecule has 2 aromatic rings. The van der Waals surface area contributed by atoms with E-state index in [2.05, 4.69) is 41.4 Å². The Labute approximate surface area is 143 Å². The van der Waals surface area contributed by atoms with Crippen molar-refractivity contribution in [3.05, 3.63) is 33.1 Å². The van der Waals surface area contributed by atoms with Crippen LogP contribution in [0, 0.1) is 11.3 Å². The predicted molar refractivity (Wildman–Crippen MR) is 86.0 cm³/mol. The highest BCUT2D eigenvalue weighted by molar-refractivity contribution is 6.43. The lowest BCUT2D eigenvalue weighted by atomic mass is 9.77. The first-order chi connectivity index (χ1) is 10.8. The zero-order valence-electron chi connectivity index (χ0n) is 13.0. The van der Waals surface area contributed by atoms with Crippen molar-refractivity contribution in [1.29, 1.82) is 0 Å². The molecular formula is C15H16Cl2N4O2. The average Bonchev–Trinajstić information content (AvgIpc) is 3.12. The van der Waals surface area contributed by atoms with E-state index in [1.807, 2.05) is 0 Å². The van der Waals surface area contributed by atoms with Gasteiger partial charge in [-0.1, -0.05) is 44.0 Å². The van der Waals surface area contributed by atoms with Crippen molar-refractivity contribution < 1.29 is 9.53 Å². The van der Waals surface area contributed by atoms with E-state index in [0.29, 0.717) is 10.9 Å². The predicted octanol–water partition coefficient (Wildman–Crippen LogP) is 3.49. The quantitative estimate of drug-likeness (QED) is 0.673. The molecule has 1 aromatic carbocycles. The van der Waals surface area contributed by atoms with Crippen LogP contribution in [0.3, 0.4) is 0 Å². The second-order valence-electron chi connectivity index (χ2n) is 6.44. The number of H-pyrrole nitrogens is 1. The molecule has 0 amide bonds. The number of rotatable bonds is 3. The topological polar surface area (TPSA) is 80.8 Å². The lowest BCUT2D eigenvalue weighted by Gasteiger charge is -2.28. The average molecular weight is 355 g/mol. The highest BCUT2D eigenvalue weighted by Crippen LogP contribution is 2.48. The van der Waals surface area contributed by atoms with E-state index in [-0.39, 0.29) is 22.0 Å². The van der Waals surface area contributed by atoms with Crippen LogP contribution in [-0.2, 0) is 12.8 Å². The molecule has 23 heavy (non-hydrogen) atoms. The Morgan fingerprint density at radius 2 is 2.09 bits per heavy atom. The number of fused-ring (bicyclic) bond motifs is 1. The molecule has 0 fully saturated rings. The summed E-state index contributed by atoms with van der Waals surface area (Å²) >= 11 is 12.7. The first kappa shape index (κ1) is 16.2. The molecule has 8 heteroatoms. The van der Waals surface area contributed by atoms with Crippen LogP contribution in [0.1, 0.15) is 42.5 Å². The number of nitrogens with one attached hydrogen (secondary N) is 1. The number of halogens is 2. The summed E-state index contributed by atoms with van der Waals surface area (Å²) in [6.07, 6.45) is 1.73. The molecule has 1 unspecified atom stereocenters. The normalized spacial score (nSPS) is 19.9. The smallest absolute Gasteiger partial charge is 0.383 e. The molecule has 0 radical (unpaired) electrons. The van der Waals surface area contributed by atoms with Gasteiger partial charge in [-0.15, -0.1) is 5.10 Å². The minimum absolute atomic E-state index is 0.0929. The van der Waals surface area contributed by atoms with E-state index in [9.17, 15) is 4.79 Å². The van der Waals surface area contributed by atoms with Crippen LogP contribution in [0.5, 0.6) is 5.75 Å². The molecule has 6 nitrogen and oxygen atoms in total. The van der Waals surface area contributed by atoms with E-state index >= 15 is 0 Å². The maximum absolute atomic E-state index is 12.0. The van der Waals surface area contributed by atoms with Crippen molar-refractivity contribution in [3.8, 4) is 5.75 Å². The highest BCUT2D eigenvalue weighted by Gasteiger charge is 2.38. The number of ether oxygens (including phenoxy) is 1. The number of carbonyl (C=O) groups excluding carboxylic acids is 1. The number of esters is 1. The van der Waals surface area contributed by atoms with Gasteiger partial charge < -0.3 is 4.74 Å². The monoisotopic (exact) mass is 354 g/mol. The second kappa shape index (κ2) is 5.76. The summed E-state index contributed by atoms with van der Waals surface area (Å²) in [4.78, 5) is 12.0. The van der Waals surface area contributed by atoms with Gasteiger partial charge in [-0.3, -0.25) is 0 Å². The molecule has 1 aliphatic rings. The van der Waals surface area contributed by atoms with Crippen LogP contribution in [0.25, 0.3) is 0 Å². The zero-order chi connectivity index (χ0) is 16.8. The minimum Gasteiger partial charge on any atom is -0.419 e. The SMILES string of the molecule is CC(C)C1(C)Cc2cc(OC(=O)c3nnn[nH]3)c(Cl)c(Cl)c2C1. The van der Waals surface area contributed by atoms with Crippen LogP contribution in [0.2, 0.25) is 10.0 Å². The Balaban J connectivity index is 1.94. The lowest BCUT2D eigenvalue weighted by Crippen LogP contribution is -2.23. The van der Waals surface area contributed by atoms with Crippen LogP contribution >= 0.6 is 23.2 Å². The van der Waals surface area contributed by atoms with Crippen LogP contribution in [0.4, 0.5) is 0 Å². The van der Waals surface area contributed by atoms with Gasteiger partial charge in [0.05, 0.1) is 5.02 Å². The molecule has 1 aliphatic carbocycles. The summed E-state index contributed by atoms with van der Waals surface area (Å²) in [5, 5.41) is 13.2. The molecule has 1 N–H and O–H groups in total. The Morgan fingerprint density at radius 3 is 2.70 bits per heavy atom. The summed E-state index contributed by atoms with van der Waals surface area (Å²) in [6.45, 7) is 6.62. The van der Waals surface area contributed by atoms with Gasteiger partial charge in [-0.25, -0.2) is 9.89 Å². The molecule has 0 saturated carbocycles. The molecule has 1 heterocycles. The molecule has 0 bridgehead atoms. The van der Waals surface area contributed by atoms with Crippen LogP contribution < -0.4 is 4.74 Å². The first-order valence-electron chi connectivity index (χ1n) is 7.27. The lowest BCUT2D eigenvalue weighted by molar-refractivity contribution is 0.0722. The van der Waals surface area contributed by atoms with Crippen LogP contribution in [0.15, 0.2) is 6.07 Å². The zero-order valence-corrected chi connectivity index (χ0v) is 14.5. The molecule has 1 atom stereocenters. The van der Waals surface area contributed by atoms with Gasteiger partial charge in [0.1, 0.15) is 5.02 Å². The molecule has 0 spiro atoms. The van der Waals surface area contributed by atoms with E-state index in [1.54, 1.807) is 6.07 Å². The third-order valence-electron chi connectivity index (χ3n) is 4.68. The Hall–Kier alpha value is -1.66. The Bertz CT molecular complexity index is 761. The Morgan fingerprint density at radius 1 is 1.35 bits per heavy atom. The van der Waals surface area contributed by atoms with Crippen molar-refractivity contribution in [2.24, 2.45) is 11.3 Å². The van der Waals surface area contributed by atoms with Crippen molar-refractivity contribution >= 4 is 29.2 Å². The number of carbonyl (C=O) groups is 1. The van der Waals surface area contributed by atoms with Crippen molar-refractivity contribution in [2.75, 3.05) is 0 Å². The van der Waals surface area contributed by atoms with Gasteiger partial charge in [0.2, 0.25) is 0 Å². The third kappa shape index (κ3) is 2.81. The third-order valence-corrected chi connectivity index (χ3v) is 5.57. The number of aromatic nitrogens is 4. The van der Waals surface area contributed by atoms with Gasteiger partial charge >= 0.3 is 5.97 Å². The molecule has 122 valence electrons. The first-order valence-corrected chi connectivity index (χ1v) is 8.03. The number of hydrogen-bond donors (Lipinski definition) is 1. The number of nitrogens with zero attached hydrogens (tertiary/aromatic N) is 3. The maximum Gasteiger partial charge on any atom is 0.383 e. The van der Waals surface area contributed by atoms with E-state index < -0.39 is 5.97 Å². The van der Waals surface area contributed by atoms with E-state index in [4.69, 9.17) is 27.9 Å². The fourth-order valence-electron chi connectivity index (χ4n) is 2.82. The molecular weight excluding hydrogens is 339 g/mol. The molecule has 0 aliphatic heterocycles. The molecule has 1 aromatic heterocycles. The summed E-state index contributed by atoms with van der Waals surface area (Å²) in [7, 11) is 0. The van der Waals surface area contributed by atoms with E-state index in [1.165, 1.54) is 0 Å². The summed E-state index contributed by atoms with van der Waals surface area (Å²) in [5.74, 6) is -0.0805. The summed E-state index contributed by atoms with van der Waals surface area (Å²) in [5.41, 5.74) is 2.22. The van der Waals surface area contributed by atoms with Crippen LogP contribution in [-0.4, -0.2) is 26.6 Å². The summed E-state index contributed by atoms with van der Waals surface area (Å²) < 4.78 is 5.30. The maximum atomic E-state index is 12.0. The minimum atomic E-state index is -0.711. The van der Waals surface area contributed by atoms with Gasteiger partial charge in [0.25, 0.3) is 5.82 Å². The van der Waals surface area contributed by atoms with E-state index in [0.717, 1.165) is 24.0 Å². The van der Waals surface area contributed by atoms with Crippen molar-refractivity contribution in [1.82, 2.24) is 20.6 Å². The fourth-order valence-corrected chi connectivity index (χ4v) is 3.31. The van der Waals surface area contributed by atoms with Gasteiger partial charge in [-0.05, 0) is 51.8 Å². The van der Waals surface area contributed by atoms with Gasteiger partial charge in [-0.2, -0.15) is 0 Å². The second-order valence-corrected chi connectivity index (χ2v) is 7.20. The number of benzene rings is 1. The fraction of sp³-hybridized carbons (Fsp3) is 0.467. The van der Waals surface area contributed by atoms with Crippen molar-refractivity contribution in [3.63, 3.8) is 0 Å². The van der Waals surface area contributed by atoms with Gasteiger partial charge in [0.15, 0.2) is 5.75 Å². The molecule has 3 rings (SSSR count). The van der Waals surface area contributed by atoms with Gasteiger partial charge in [0, 0.05) is 0 Å². The number of tetrazole rings is 1.